The molecule has 0 aromatic heterocycles. The van der Waals surface area contributed by atoms with Gasteiger partial charge in [0, 0.05) is 30.9 Å². The van der Waals surface area contributed by atoms with E-state index in [2.05, 4.69) is 4.99 Å². The Labute approximate surface area is 177 Å². The molecule has 2 aliphatic rings. The third-order valence-electron chi connectivity index (χ3n) is 5.49. The molecule has 1 aliphatic carbocycles. The zero-order valence-corrected chi connectivity index (χ0v) is 18.0. The van der Waals surface area contributed by atoms with Crippen molar-refractivity contribution in [3.05, 3.63) is 35.0 Å². The fraction of sp³-hybridized carbons (Fsp3) is 0.522. The maximum Gasteiger partial charge on any atom is 0.336 e. The van der Waals surface area contributed by atoms with Gasteiger partial charge in [-0.1, -0.05) is 6.07 Å². The molecule has 1 aromatic carbocycles. The molecule has 0 radical (unpaired) electrons. The highest BCUT2D eigenvalue weighted by molar-refractivity contribution is 6.11. The van der Waals surface area contributed by atoms with Gasteiger partial charge >= 0.3 is 5.97 Å². The number of fused-ring (bicyclic) bond motifs is 1. The normalized spacial score (nSPS) is 21.1. The first-order valence-electron chi connectivity index (χ1n) is 10.3. The van der Waals surface area contributed by atoms with Crippen LogP contribution in [0.2, 0.25) is 0 Å². The summed E-state index contributed by atoms with van der Waals surface area (Å²) in [6.45, 7) is 4.65. The maximum absolute atomic E-state index is 13.0. The molecule has 2 atom stereocenters. The highest BCUT2D eigenvalue weighted by atomic mass is 16.6. The zero-order valence-electron chi connectivity index (χ0n) is 18.0. The molecule has 7 nitrogen and oxygen atoms in total. The fourth-order valence-corrected chi connectivity index (χ4v) is 4.19. The highest BCUT2D eigenvalue weighted by Gasteiger charge is 2.44. The Hall–Kier alpha value is -2.67. The molecular weight excluding hydrogens is 386 g/mol. The average Bonchev–Trinajstić information content (AvgIpc) is 2.73. The molecule has 0 bridgehead atoms. The molecule has 3 rings (SSSR count). The van der Waals surface area contributed by atoms with Crippen LogP contribution < -0.4 is 9.47 Å². The minimum atomic E-state index is -0.469. The van der Waals surface area contributed by atoms with Crippen LogP contribution in [0.25, 0.3) is 0 Å². The van der Waals surface area contributed by atoms with Crippen LogP contribution in [0, 0.1) is 5.92 Å². The molecular formula is C23H29NO6. The average molecular weight is 415 g/mol. The number of methoxy groups -OCH3 is 2. The number of hydrogen-bond donors (Lipinski definition) is 0. The van der Waals surface area contributed by atoms with E-state index in [4.69, 9.17) is 18.9 Å². The predicted molar refractivity (Wildman–Crippen MR) is 112 cm³/mol. The van der Waals surface area contributed by atoms with E-state index in [9.17, 15) is 9.59 Å². The van der Waals surface area contributed by atoms with Gasteiger partial charge in [0.15, 0.2) is 11.5 Å². The number of esters is 1. The minimum absolute atomic E-state index is 0.104. The van der Waals surface area contributed by atoms with Gasteiger partial charge in [-0.05, 0) is 44.4 Å². The first kappa shape index (κ1) is 22.0. The Morgan fingerprint density at radius 3 is 2.63 bits per heavy atom. The molecule has 162 valence electrons. The summed E-state index contributed by atoms with van der Waals surface area (Å²) in [5.41, 5.74) is 2.66. The lowest BCUT2D eigenvalue weighted by Gasteiger charge is -2.35. The van der Waals surface area contributed by atoms with Crippen molar-refractivity contribution < 1.29 is 28.5 Å². The number of benzene rings is 1. The van der Waals surface area contributed by atoms with E-state index >= 15 is 0 Å². The summed E-state index contributed by atoms with van der Waals surface area (Å²) in [4.78, 5) is 30.6. The number of ketones is 1. The summed E-state index contributed by atoms with van der Waals surface area (Å²) in [7, 11) is 3.12. The van der Waals surface area contributed by atoms with Gasteiger partial charge in [-0.3, -0.25) is 9.79 Å². The van der Waals surface area contributed by atoms with Gasteiger partial charge in [0.25, 0.3) is 0 Å². The lowest BCUT2D eigenvalue weighted by molar-refractivity contribution is -0.140. The molecule has 0 saturated heterocycles. The maximum atomic E-state index is 13.0. The number of rotatable bonds is 8. The molecule has 1 heterocycles. The van der Waals surface area contributed by atoms with Crippen molar-refractivity contribution >= 4 is 17.5 Å². The van der Waals surface area contributed by atoms with Crippen LogP contribution in [-0.2, 0) is 19.1 Å². The summed E-state index contributed by atoms with van der Waals surface area (Å²) in [6, 6.07) is 5.55. The van der Waals surface area contributed by atoms with E-state index in [1.54, 1.807) is 21.1 Å². The van der Waals surface area contributed by atoms with Crippen molar-refractivity contribution in [2.24, 2.45) is 10.9 Å². The van der Waals surface area contributed by atoms with E-state index in [0.29, 0.717) is 42.4 Å². The standard InChI is InChI=1S/C23H29NO6/c1-5-29-18-10-9-15(13-19(18)28-4)21-20(23(26)30-12-11-27-3)14(2)24-16-7-6-8-17(25)22(16)21/h9-10,13,21-22H,5-8,11-12H2,1-4H3/t21-,22?/m1/s1. The van der Waals surface area contributed by atoms with Gasteiger partial charge in [-0.15, -0.1) is 0 Å². The molecule has 1 unspecified atom stereocenters. The second-order valence-electron chi connectivity index (χ2n) is 7.35. The zero-order chi connectivity index (χ0) is 21.7. The van der Waals surface area contributed by atoms with Crippen molar-refractivity contribution in [3.8, 4) is 11.5 Å². The Morgan fingerprint density at radius 1 is 1.13 bits per heavy atom. The number of nitrogens with zero attached hydrogens (tertiary/aromatic N) is 1. The highest BCUT2D eigenvalue weighted by Crippen LogP contribution is 2.44. The number of aliphatic imine (C=N–C) groups is 1. The third-order valence-corrected chi connectivity index (χ3v) is 5.49. The van der Waals surface area contributed by atoms with Crippen LogP contribution in [0.4, 0.5) is 0 Å². The van der Waals surface area contributed by atoms with Crippen LogP contribution in [-0.4, -0.2) is 51.5 Å². The summed E-state index contributed by atoms with van der Waals surface area (Å²) in [6.07, 6.45) is 2.03. The molecule has 1 aromatic rings. The van der Waals surface area contributed by atoms with Crippen LogP contribution in [0.3, 0.4) is 0 Å². The molecule has 30 heavy (non-hydrogen) atoms. The van der Waals surface area contributed by atoms with E-state index in [0.717, 1.165) is 24.1 Å². The Kier molecular flexibility index (Phi) is 7.26. The molecule has 0 amide bonds. The summed E-state index contributed by atoms with van der Waals surface area (Å²) >= 11 is 0. The molecule has 1 saturated carbocycles. The lowest BCUT2D eigenvalue weighted by atomic mass is 9.69. The predicted octanol–water partition coefficient (Wildman–Crippen LogP) is 3.46. The van der Waals surface area contributed by atoms with Crippen molar-refractivity contribution in [1.29, 1.82) is 0 Å². The Bertz CT molecular complexity index is 872. The molecule has 0 N–H and O–H groups in total. The van der Waals surface area contributed by atoms with E-state index in [1.165, 1.54) is 0 Å². The topological polar surface area (TPSA) is 83.4 Å². The quantitative estimate of drug-likeness (QED) is 0.478. The number of allylic oxidation sites excluding steroid dienone is 1. The molecule has 7 heteroatoms. The third kappa shape index (κ3) is 4.41. The van der Waals surface area contributed by atoms with Crippen LogP contribution in [0.5, 0.6) is 11.5 Å². The van der Waals surface area contributed by atoms with Crippen molar-refractivity contribution in [2.45, 2.75) is 39.0 Å². The second kappa shape index (κ2) is 9.89. The van der Waals surface area contributed by atoms with Gasteiger partial charge in [-0.25, -0.2) is 4.79 Å². The summed E-state index contributed by atoms with van der Waals surface area (Å²) in [5.74, 6) is -0.115. The second-order valence-corrected chi connectivity index (χ2v) is 7.35. The van der Waals surface area contributed by atoms with Crippen LogP contribution >= 0.6 is 0 Å². The largest absolute Gasteiger partial charge is 0.493 e. The van der Waals surface area contributed by atoms with Crippen molar-refractivity contribution in [2.75, 3.05) is 34.0 Å². The number of carbonyl (C=O) groups excluding carboxylic acids is 2. The Morgan fingerprint density at radius 2 is 1.93 bits per heavy atom. The first-order chi connectivity index (χ1) is 14.5. The van der Waals surface area contributed by atoms with Crippen LogP contribution in [0.15, 0.2) is 34.5 Å². The fourth-order valence-electron chi connectivity index (χ4n) is 4.19. The van der Waals surface area contributed by atoms with Crippen molar-refractivity contribution in [3.63, 3.8) is 0 Å². The Balaban J connectivity index is 2.07. The SMILES string of the molecule is CCOc1ccc([C@@H]2C(C(=O)OCCOC)=C(C)N=C3CCCC(=O)C32)cc1OC. The number of Topliss-reactive ketones (excluding diaryl/α,β-unsaturated/α-hetero) is 1. The summed E-state index contributed by atoms with van der Waals surface area (Å²) in [5, 5.41) is 0. The number of ether oxygens (including phenoxy) is 4. The smallest absolute Gasteiger partial charge is 0.336 e. The molecule has 1 aliphatic heterocycles. The summed E-state index contributed by atoms with van der Waals surface area (Å²) < 4.78 is 21.5. The van der Waals surface area contributed by atoms with Gasteiger partial charge < -0.3 is 18.9 Å². The minimum Gasteiger partial charge on any atom is -0.493 e. The number of carbonyl (C=O) groups is 2. The van der Waals surface area contributed by atoms with Gasteiger partial charge in [0.05, 0.1) is 31.8 Å². The van der Waals surface area contributed by atoms with Crippen LogP contribution in [0.1, 0.15) is 44.6 Å². The molecule has 0 spiro atoms. The van der Waals surface area contributed by atoms with Gasteiger partial charge in [0.2, 0.25) is 0 Å². The number of hydrogen-bond acceptors (Lipinski definition) is 7. The first-order valence-corrected chi connectivity index (χ1v) is 10.3. The van der Waals surface area contributed by atoms with Gasteiger partial charge in [-0.2, -0.15) is 0 Å². The van der Waals surface area contributed by atoms with Crippen molar-refractivity contribution in [1.82, 2.24) is 0 Å². The van der Waals surface area contributed by atoms with E-state index in [-0.39, 0.29) is 12.4 Å². The van der Waals surface area contributed by atoms with E-state index < -0.39 is 17.8 Å². The molecule has 1 fully saturated rings. The van der Waals surface area contributed by atoms with E-state index in [1.807, 2.05) is 25.1 Å². The lowest BCUT2D eigenvalue weighted by Crippen LogP contribution is -2.39. The van der Waals surface area contributed by atoms with Gasteiger partial charge in [0.1, 0.15) is 12.4 Å². The monoisotopic (exact) mass is 415 g/mol.